The Hall–Kier alpha value is -1.55. The van der Waals surface area contributed by atoms with Crippen molar-refractivity contribution >= 4 is 11.6 Å². The van der Waals surface area contributed by atoms with Crippen molar-refractivity contribution in [1.82, 2.24) is 0 Å². The van der Waals surface area contributed by atoms with Crippen molar-refractivity contribution < 1.29 is 9.90 Å². The average molecular weight is 276 g/mol. The van der Waals surface area contributed by atoms with Crippen LogP contribution in [0.15, 0.2) is 18.2 Å². The fraction of sp³-hybridized carbons (Fsp3) is 0.562. The topological polar surface area (TPSA) is 75.3 Å². The molecule has 1 aliphatic rings. The number of phenolic OH excluding ortho intramolecular Hbond substituents is 1. The van der Waals surface area contributed by atoms with Gasteiger partial charge in [0, 0.05) is 0 Å². The lowest BCUT2D eigenvalue weighted by atomic mass is 9.86. The second kappa shape index (κ2) is 5.09. The molecule has 1 aromatic rings. The summed E-state index contributed by atoms with van der Waals surface area (Å²) in [6, 6.07) is 5.32. The van der Waals surface area contributed by atoms with E-state index in [9.17, 15) is 9.90 Å². The number of nitrogens with one attached hydrogen (secondary N) is 1. The second-order valence-electron chi connectivity index (χ2n) is 6.80. The van der Waals surface area contributed by atoms with E-state index >= 15 is 0 Å². The number of amides is 1. The van der Waals surface area contributed by atoms with Gasteiger partial charge >= 0.3 is 0 Å². The van der Waals surface area contributed by atoms with E-state index in [2.05, 4.69) is 26.1 Å². The van der Waals surface area contributed by atoms with E-state index in [4.69, 9.17) is 5.73 Å². The molecule has 110 valence electrons. The van der Waals surface area contributed by atoms with Gasteiger partial charge in [-0.1, -0.05) is 39.7 Å². The molecule has 4 nitrogen and oxygen atoms in total. The third kappa shape index (κ3) is 2.96. The molecule has 1 aromatic carbocycles. The van der Waals surface area contributed by atoms with E-state index in [0.717, 1.165) is 18.4 Å². The molecule has 1 saturated carbocycles. The molecular formula is C16H24N2O2. The van der Waals surface area contributed by atoms with Crippen LogP contribution in [0.3, 0.4) is 0 Å². The highest BCUT2D eigenvalue weighted by Crippen LogP contribution is 2.33. The molecule has 0 heterocycles. The van der Waals surface area contributed by atoms with Gasteiger partial charge in [0.25, 0.3) is 0 Å². The van der Waals surface area contributed by atoms with Crippen LogP contribution in [0.2, 0.25) is 0 Å². The van der Waals surface area contributed by atoms with Gasteiger partial charge in [0.15, 0.2) is 0 Å². The van der Waals surface area contributed by atoms with Gasteiger partial charge in [-0.05, 0) is 36.0 Å². The number of rotatable bonds is 2. The van der Waals surface area contributed by atoms with E-state index in [-0.39, 0.29) is 17.1 Å². The Bertz CT molecular complexity index is 512. The number of aromatic hydroxyl groups is 1. The van der Waals surface area contributed by atoms with Crippen LogP contribution in [0.1, 0.15) is 52.0 Å². The molecule has 0 spiro atoms. The third-order valence-electron chi connectivity index (χ3n) is 4.06. The predicted octanol–water partition coefficient (Wildman–Crippen LogP) is 2.90. The summed E-state index contributed by atoms with van der Waals surface area (Å²) < 4.78 is 0. The standard InChI is InChI=1S/C16H24N2O2/c1-15(2,3)11-6-7-13(19)12(10-11)18-14(20)16(17)8-4-5-9-16/h6-7,10,19H,4-5,8-9,17H2,1-3H3,(H,18,20). The maximum Gasteiger partial charge on any atom is 0.244 e. The second-order valence-corrected chi connectivity index (χ2v) is 6.80. The summed E-state index contributed by atoms with van der Waals surface area (Å²) in [4.78, 5) is 12.3. The zero-order chi connectivity index (χ0) is 15.0. The Morgan fingerprint density at radius 2 is 1.90 bits per heavy atom. The number of hydrogen-bond donors (Lipinski definition) is 3. The lowest BCUT2D eigenvalue weighted by Crippen LogP contribution is -2.48. The fourth-order valence-electron chi connectivity index (χ4n) is 2.58. The molecule has 0 aliphatic heterocycles. The molecule has 20 heavy (non-hydrogen) atoms. The summed E-state index contributed by atoms with van der Waals surface area (Å²) in [6.07, 6.45) is 3.38. The first-order chi connectivity index (χ1) is 9.22. The molecule has 0 radical (unpaired) electrons. The summed E-state index contributed by atoms with van der Waals surface area (Å²) in [5.74, 6) is -0.121. The van der Waals surface area contributed by atoms with Gasteiger partial charge in [-0.25, -0.2) is 0 Å². The van der Waals surface area contributed by atoms with Crippen molar-refractivity contribution in [2.75, 3.05) is 5.32 Å². The SMILES string of the molecule is CC(C)(C)c1ccc(O)c(NC(=O)C2(N)CCCC2)c1. The fourth-order valence-corrected chi connectivity index (χ4v) is 2.58. The highest BCUT2D eigenvalue weighted by atomic mass is 16.3. The third-order valence-corrected chi connectivity index (χ3v) is 4.06. The number of benzene rings is 1. The van der Waals surface area contributed by atoms with Crippen molar-refractivity contribution in [3.63, 3.8) is 0 Å². The Morgan fingerprint density at radius 1 is 1.30 bits per heavy atom. The number of nitrogens with two attached hydrogens (primary N) is 1. The highest BCUT2D eigenvalue weighted by molar-refractivity contribution is 5.99. The maximum absolute atomic E-state index is 12.3. The first kappa shape index (κ1) is 14.9. The Labute approximate surface area is 120 Å². The number of carbonyl (C=O) groups is 1. The van der Waals surface area contributed by atoms with E-state index in [1.54, 1.807) is 6.07 Å². The van der Waals surface area contributed by atoms with Crippen LogP contribution in [0.5, 0.6) is 5.75 Å². The zero-order valence-corrected chi connectivity index (χ0v) is 12.5. The lowest BCUT2D eigenvalue weighted by molar-refractivity contribution is -0.121. The van der Waals surface area contributed by atoms with Crippen molar-refractivity contribution in [3.8, 4) is 5.75 Å². The zero-order valence-electron chi connectivity index (χ0n) is 12.5. The molecule has 0 unspecified atom stereocenters. The van der Waals surface area contributed by atoms with Gasteiger partial charge in [0.1, 0.15) is 5.75 Å². The van der Waals surface area contributed by atoms with E-state index in [1.807, 2.05) is 12.1 Å². The minimum absolute atomic E-state index is 0.0407. The van der Waals surface area contributed by atoms with Gasteiger partial charge in [-0.2, -0.15) is 0 Å². The summed E-state index contributed by atoms with van der Waals surface area (Å²) in [5.41, 5.74) is 6.80. The summed E-state index contributed by atoms with van der Waals surface area (Å²) in [5, 5.41) is 12.7. The van der Waals surface area contributed by atoms with Crippen LogP contribution in [0.4, 0.5) is 5.69 Å². The molecule has 2 rings (SSSR count). The lowest BCUT2D eigenvalue weighted by Gasteiger charge is -2.24. The van der Waals surface area contributed by atoms with Crippen LogP contribution >= 0.6 is 0 Å². The largest absolute Gasteiger partial charge is 0.506 e. The maximum atomic E-state index is 12.3. The number of anilines is 1. The van der Waals surface area contributed by atoms with E-state index < -0.39 is 5.54 Å². The molecule has 1 aliphatic carbocycles. The van der Waals surface area contributed by atoms with Gasteiger partial charge in [-0.15, -0.1) is 0 Å². The first-order valence-electron chi connectivity index (χ1n) is 7.16. The minimum atomic E-state index is -0.788. The van der Waals surface area contributed by atoms with E-state index in [1.165, 1.54) is 0 Å². The average Bonchev–Trinajstić information content (AvgIpc) is 2.79. The van der Waals surface area contributed by atoms with Crippen LogP contribution in [-0.2, 0) is 10.2 Å². The number of hydrogen-bond acceptors (Lipinski definition) is 3. The Kier molecular flexibility index (Phi) is 3.78. The van der Waals surface area contributed by atoms with Crippen molar-refractivity contribution in [1.29, 1.82) is 0 Å². The summed E-state index contributed by atoms with van der Waals surface area (Å²) >= 11 is 0. The van der Waals surface area contributed by atoms with Crippen LogP contribution in [0, 0.1) is 0 Å². The van der Waals surface area contributed by atoms with E-state index in [0.29, 0.717) is 18.5 Å². The predicted molar refractivity (Wildman–Crippen MR) is 80.8 cm³/mol. The molecule has 1 amide bonds. The molecule has 1 fully saturated rings. The van der Waals surface area contributed by atoms with Crippen LogP contribution < -0.4 is 11.1 Å². The molecule has 0 aromatic heterocycles. The smallest absolute Gasteiger partial charge is 0.244 e. The Morgan fingerprint density at radius 3 is 2.45 bits per heavy atom. The number of carbonyl (C=O) groups excluding carboxylic acids is 1. The molecule has 0 bridgehead atoms. The van der Waals surface area contributed by atoms with Gasteiger partial charge in [0.2, 0.25) is 5.91 Å². The normalized spacial score (nSPS) is 18.0. The molecule has 0 saturated heterocycles. The monoisotopic (exact) mass is 276 g/mol. The highest BCUT2D eigenvalue weighted by Gasteiger charge is 2.37. The van der Waals surface area contributed by atoms with Gasteiger partial charge in [-0.3, -0.25) is 4.79 Å². The Balaban J connectivity index is 2.22. The van der Waals surface area contributed by atoms with Crippen molar-refractivity contribution in [3.05, 3.63) is 23.8 Å². The van der Waals surface area contributed by atoms with Crippen molar-refractivity contribution in [2.24, 2.45) is 5.73 Å². The van der Waals surface area contributed by atoms with Crippen LogP contribution in [0.25, 0.3) is 0 Å². The van der Waals surface area contributed by atoms with Gasteiger partial charge in [0.05, 0.1) is 11.2 Å². The first-order valence-corrected chi connectivity index (χ1v) is 7.16. The molecular weight excluding hydrogens is 252 g/mol. The summed E-state index contributed by atoms with van der Waals surface area (Å²) in [7, 11) is 0. The van der Waals surface area contributed by atoms with Crippen LogP contribution in [-0.4, -0.2) is 16.6 Å². The molecule has 0 atom stereocenters. The molecule has 4 N–H and O–H groups in total. The van der Waals surface area contributed by atoms with Gasteiger partial charge < -0.3 is 16.2 Å². The minimum Gasteiger partial charge on any atom is -0.506 e. The quantitative estimate of drug-likeness (QED) is 0.727. The summed E-state index contributed by atoms with van der Waals surface area (Å²) in [6.45, 7) is 6.27. The number of phenols is 1. The molecule has 4 heteroatoms. The van der Waals surface area contributed by atoms with Crippen molar-refractivity contribution in [2.45, 2.75) is 57.4 Å².